The number of nitrogens with one attached hydrogen (secondary N) is 1. The Morgan fingerprint density at radius 1 is 1.28 bits per heavy atom. The maximum atomic E-state index is 5.57. The van der Waals surface area contributed by atoms with Gasteiger partial charge in [-0.25, -0.2) is 0 Å². The van der Waals surface area contributed by atoms with Gasteiger partial charge in [0.15, 0.2) is 5.11 Å². The van der Waals surface area contributed by atoms with E-state index in [9.17, 15) is 0 Å². The van der Waals surface area contributed by atoms with Crippen LogP contribution in [0, 0.1) is 0 Å². The fraction of sp³-hybridized carbons (Fsp3) is 0.533. The maximum Gasteiger partial charge on any atom is 0.173 e. The molecule has 1 aromatic rings. The van der Waals surface area contributed by atoms with Gasteiger partial charge in [-0.2, -0.15) is 0 Å². The van der Waals surface area contributed by atoms with Crippen molar-refractivity contribution in [3.63, 3.8) is 0 Å². The summed E-state index contributed by atoms with van der Waals surface area (Å²) in [6, 6.07) is 10.8. The van der Waals surface area contributed by atoms with Crippen LogP contribution in [-0.2, 0) is 0 Å². The minimum atomic E-state index is 0.608. The van der Waals surface area contributed by atoms with Gasteiger partial charge in [0.2, 0.25) is 0 Å². The molecule has 1 unspecified atom stereocenters. The highest BCUT2D eigenvalue weighted by atomic mass is 32.1. The van der Waals surface area contributed by atoms with E-state index >= 15 is 0 Å². The van der Waals surface area contributed by atoms with E-state index in [1.54, 1.807) is 0 Å². The Hall–Kier alpha value is -1.09. The summed E-state index contributed by atoms with van der Waals surface area (Å²) in [5.41, 5.74) is 1.08. The van der Waals surface area contributed by atoms with Crippen molar-refractivity contribution >= 4 is 23.0 Å². The Bertz CT molecular complexity index is 377. The van der Waals surface area contributed by atoms with Crippen molar-refractivity contribution in [1.29, 1.82) is 0 Å². The molecule has 0 spiro atoms. The van der Waals surface area contributed by atoms with Crippen molar-refractivity contribution in [1.82, 2.24) is 4.90 Å². The molecule has 3 heteroatoms. The molecule has 1 saturated heterocycles. The van der Waals surface area contributed by atoms with Gasteiger partial charge in [-0.1, -0.05) is 38.0 Å². The number of likely N-dealkylation sites (tertiary alicyclic amines) is 1. The second kappa shape index (κ2) is 6.74. The van der Waals surface area contributed by atoms with Crippen LogP contribution in [0.2, 0.25) is 0 Å². The van der Waals surface area contributed by atoms with Crippen molar-refractivity contribution in [3.8, 4) is 0 Å². The molecular formula is C15H22N2S. The van der Waals surface area contributed by atoms with Gasteiger partial charge in [-0.15, -0.1) is 0 Å². The van der Waals surface area contributed by atoms with E-state index in [1.807, 2.05) is 18.2 Å². The predicted octanol–water partition coefficient (Wildman–Crippen LogP) is 4.04. The summed E-state index contributed by atoms with van der Waals surface area (Å²) in [6.45, 7) is 3.35. The third-order valence-corrected chi connectivity index (χ3v) is 3.97. The number of hydrogen-bond acceptors (Lipinski definition) is 1. The molecule has 2 nitrogen and oxygen atoms in total. The van der Waals surface area contributed by atoms with Crippen molar-refractivity contribution in [2.24, 2.45) is 0 Å². The molecule has 0 amide bonds. The average Bonchev–Trinajstić information content (AvgIpc) is 2.64. The molecule has 1 fully saturated rings. The number of thiocarbonyl (C=S) groups is 1. The summed E-state index contributed by atoms with van der Waals surface area (Å²) in [7, 11) is 0. The van der Waals surface area contributed by atoms with Crippen molar-refractivity contribution in [2.75, 3.05) is 11.9 Å². The summed E-state index contributed by atoms with van der Waals surface area (Å²) in [5.74, 6) is 0. The Balaban J connectivity index is 2.01. The summed E-state index contributed by atoms with van der Waals surface area (Å²) >= 11 is 5.57. The predicted molar refractivity (Wildman–Crippen MR) is 81.9 cm³/mol. The topological polar surface area (TPSA) is 15.3 Å². The summed E-state index contributed by atoms with van der Waals surface area (Å²) in [4.78, 5) is 2.38. The van der Waals surface area contributed by atoms with Gasteiger partial charge >= 0.3 is 0 Å². The standard InChI is InChI=1S/C15H22N2S/c1-2-14-11-7-4-8-12-17(14)15(18)16-13-9-5-3-6-10-13/h3,5-6,9-10,14H,2,4,7-8,11-12H2,1H3,(H,16,18). The fourth-order valence-electron chi connectivity index (χ4n) is 2.59. The van der Waals surface area contributed by atoms with Crippen LogP contribution in [0.1, 0.15) is 39.0 Å². The van der Waals surface area contributed by atoms with Crippen LogP contribution in [0.25, 0.3) is 0 Å². The number of benzene rings is 1. The first-order valence-corrected chi connectivity index (χ1v) is 7.34. The Labute approximate surface area is 115 Å². The van der Waals surface area contributed by atoms with E-state index in [-0.39, 0.29) is 0 Å². The maximum absolute atomic E-state index is 5.57. The van der Waals surface area contributed by atoms with Crippen molar-refractivity contribution in [3.05, 3.63) is 30.3 Å². The number of anilines is 1. The van der Waals surface area contributed by atoms with Crippen LogP contribution in [0.15, 0.2) is 30.3 Å². The second-order valence-corrected chi connectivity index (χ2v) is 5.29. The monoisotopic (exact) mass is 262 g/mol. The number of para-hydroxylation sites is 1. The molecule has 0 aliphatic carbocycles. The first-order valence-electron chi connectivity index (χ1n) is 6.94. The third-order valence-electron chi connectivity index (χ3n) is 3.63. The Morgan fingerprint density at radius 2 is 2.06 bits per heavy atom. The molecule has 0 radical (unpaired) electrons. The van der Waals surface area contributed by atoms with Crippen LogP contribution in [0.3, 0.4) is 0 Å². The number of hydrogen-bond donors (Lipinski definition) is 1. The van der Waals surface area contributed by atoms with Gasteiger partial charge in [0.05, 0.1) is 0 Å². The lowest BCUT2D eigenvalue weighted by Crippen LogP contribution is -2.42. The lowest BCUT2D eigenvalue weighted by atomic mass is 10.1. The van der Waals surface area contributed by atoms with E-state index in [2.05, 4.69) is 29.3 Å². The lowest BCUT2D eigenvalue weighted by Gasteiger charge is -2.31. The molecule has 1 aliphatic rings. The number of nitrogens with zero attached hydrogens (tertiary/aromatic N) is 1. The molecule has 2 rings (SSSR count). The zero-order valence-electron chi connectivity index (χ0n) is 11.1. The van der Waals surface area contributed by atoms with E-state index in [1.165, 1.54) is 32.1 Å². The quantitative estimate of drug-likeness (QED) is 0.810. The Kier molecular flexibility index (Phi) is 5.00. The molecular weight excluding hydrogens is 240 g/mol. The zero-order chi connectivity index (χ0) is 12.8. The lowest BCUT2D eigenvalue weighted by molar-refractivity contribution is 0.311. The third kappa shape index (κ3) is 3.45. The first-order chi connectivity index (χ1) is 8.81. The largest absolute Gasteiger partial charge is 0.346 e. The smallest absolute Gasteiger partial charge is 0.173 e. The molecule has 1 heterocycles. The fourth-order valence-corrected chi connectivity index (χ4v) is 2.94. The second-order valence-electron chi connectivity index (χ2n) is 4.90. The highest BCUT2D eigenvalue weighted by Gasteiger charge is 2.21. The summed E-state index contributed by atoms with van der Waals surface area (Å²) < 4.78 is 0. The first kappa shape index (κ1) is 13.3. The van der Waals surface area contributed by atoms with E-state index in [4.69, 9.17) is 12.2 Å². The zero-order valence-corrected chi connectivity index (χ0v) is 11.9. The minimum absolute atomic E-state index is 0.608. The highest BCUT2D eigenvalue weighted by Crippen LogP contribution is 2.20. The Morgan fingerprint density at radius 3 is 2.78 bits per heavy atom. The molecule has 18 heavy (non-hydrogen) atoms. The molecule has 0 aromatic heterocycles. The van der Waals surface area contributed by atoms with Gasteiger partial charge in [0, 0.05) is 18.3 Å². The van der Waals surface area contributed by atoms with Crippen LogP contribution < -0.4 is 5.32 Å². The number of rotatable bonds is 2. The minimum Gasteiger partial charge on any atom is -0.346 e. The van der Waals surface area contributed by atoms with Crippen LogP contribution >= 0.6 is 12.2 Å². The van der Waals surface area contributed by atoms with E-state index < -0.39 is 0 Å². The molecule has 98 valence electrons. The van der Waals surface area contributed by atoms with Gasteiger partial charge in [0.25, 0.3) is 0 Å². The molecule has 1 N–H and O–H groups in total. The molecule has 0 bridgehead atoms. The normalized spacial score (nSPS) is 20.3. The van der Waals surface area contributed by atoms with Crippen molar-refractivity contribution < 1.29 is 0 Å². The summed E-state index contributed by atoms with van der Waals surface area (Å²) in [5, 5.41) is 4.25. The van der Waals surface area contributed by atoms with Gasteiger partial charge < -0.3 is 10.2 Å². The van der Waals surface area contributed by atoms with E-state index in [0.29, 0.717) is 6.04 Å². The van der Waals surface area contributed by atoms with Crippen LogP contribution in [0.5, 0.6) is 0 Å². The van der Waals surface area contributed by atoms with Gasteiger partial charge in [0.1, 0.15) is 0 Å². The van der Waals surface area contributed by atoms with E-state index in [0.717, 1.165) is 17.3 Å². The van der Waals surface area contributed by atoms with Crippen LogP contribution in [-0.4, -0.2) is 22.6 Å². The van der Waals surface area contributed by atoms with Gasteiger partial charge in [-0.3, -0.25) is 0 Å². The highest BCUT2D eigenvalue weighted by molar-refractivity contribution is 7.80. The molecule has 0 saturated carbocycles. The van der Waals surface area contributed by atoms with Gasteiger partial charge in [-0.05, 0) is 43.6 Å². The molecule has 1 aliphatic heterocycles. The SMILES string of the molecule is CCC1CCCCCN1C(=S)Nc1ccccc1. The average molecular weight is 262 g/mol. The summed E-state index contributed by atoms with van der Waals surface area (Å²) in [6.07, 6.45) is 6.38. The molecule has 1 atom stereocenters. The van der Waals surface area contributed by atoms with Crippen LogP contribution in [0.4, 0.5) is 5.69 Å². The molecule has 1 aromatic carbocycles. The van der Waals surface area contributed by atoms with Crippen molar-refractivity contribution in [2.45, 2.75) is 45.1 Å².